The topological polar surface area (TPSA) is 74.0 Å². The number of carbonyl (C=O) groups excluding carboxylic acids is 1. The highest BCUT2D eigenvalue weighted by atomic mass is 16.6. The molecule has 24 heavy (non-hydrogen) atoms. The number of amides is 1. The second kappa shape index (κ2) is 8.35. The summed E-state index contributed by atoms with van der Waals surface area (Å²) in [6.07, 6.45) is 2.42. The quantitative estimate of drug-likeness (QED) is 0.809. The lowest BCUT2D eigenvalue weighted by Crippen LogP contribution is -2.42. The van der Waals surface area contributed by atoms with Crippen LogP contribution >= 0.6 is 0 Å². The summed E-state index contributed by atoms with van der Waals surface area (Å²) in [5.41, 5.74) is 0.665. The molecule has 0 radical (unpaired) electrons. The van der Waals surface area contributed by atoms with Gasteiger partial charge in [0, 0.05) is 6.54 Å². The first-order valence-electron chi connectivity index (χ1n) is 8.42. The van der Waals surface area contributed by atoms with Gasteiger partial charge in [0.1, 0.15) is 18.0 Å². The molecule has 6 heteroatoms. The van der Waals surface area contributed by atoms with Crippen LogP contribution in [0.3, 0.4) is 0 Å². The Bertz CT molecular complexity index is 525. The SMILES string of the molecule is CC(C)(C)OC(=O)N1CCC[C@H]1COc1ccc(CCON)cc1. The number of ether oxygens (including phenoxy) is 2. The second-order valence-corrected chi connectivity index (χ2v) is 7.05. The molecule has 1 aromatic carbocycles. The van der Waals surface area contributed by atoms with Crippen molar-refractivity contribution in [1.29, 1.82) is 0 Å². The van der Waals surface area contributed by atoms with Crippen molar-refractivity contribution in [3.8, 4) is 5.75 Å². The van der Waals surface area contributed by atoms with E-state index < -0.39 is 5.60 Å². The van der Waals surface area contributed by atoms with Crippen LogP contribution in [0, 0.1) is 0 Å². The van der Waals surface area contributed by atoms with Crippen molar-refractivity contribution in [2.24, 2.45) is 5.90 Å². The number of hydrogen-bond donors (Lipinski definition) is 1. The first kappa shape index (κ1) is 18.5. The van der Waals surface area contributed by atoms with Crippen LogP contribution in [0.2, 0.25) is 0 Å². The molecule has 2 rings (SSSR count). The number of carbonyl (C=O) groups is 1. The van der Waals surface area contributed by atoms with Crippen LogP contribution in [-0.4, -0.2) is 42.4 Å². The van der Waals surface area contributed by atoms with Crippen LogP contribution in [0.1, 0.15) is 39.2 Å². The zero-order valence-electron chi connectivity index (χ0n) is 14.8. The molecule has 1 aliphatic heterocycles. The highest BCUT2D eigenvalue weighted by molar-refractivity contribution is 5.69. The minimum atomic E-state index is -0.478. The average Bonchev–Trinajstić information content (AvgIpc) is 2.99. The van der Waals surface area contributed by atoms with E-state index >= 15 is 0 Å². The van der Waals surface area contributed by atoms with Crippen LogP contribution in [0.25, 0.3) is 0 Å². The Balaban J connectivity index is 1.85. The first-order valence-corrected chi connectivity index (χ1v) is 8.42. The van der Waals surface area contributed by atoms with Gasteiger partial charge in [0.25, 0.3) is 0 Å². The number of likely N-dealkylation sites (tertiary alicyclic amines) is 1. The zero-order valence-corrected chi connectivity index (χ0v) is 14.8. The average molecular weight is 336 g/mol. The Morgan fingerprint density at radius 3 is 2.62 bits per heavy atom. The van der Waals surface area contributed by atoms with Gasteiger partial charge in [-0.15, -0.1) is 0 Å². The molecule has 1 heterocycles. The molecule has 2 N–H and O–H groups in total. The molecule has 134 valence electrons. The molecular weight excluding hydrogens is 308 g/mol. The van der Waals surface area contributed by atoms with Crippen LogP contribution in [-0.2, 0) is 16.0 Å². The van der Waals surface area contributed by atoms with Crippen molar-refractivity contribution in [3.63, 3.8) is 0 Å². The van der Waals surface area contributed by atoms with Crippen molar-refractivity contribution >= 4 is 6.09 Å². The van der Waals surface area contributed by atoms with E-state index in [1.54, 1.807) is 4.90 Å². The van der Waals surface area contributed by atoms with Crippen molar-refractivity contribution in [2.45, 2.75) is 51.7 Å². The van der Waals surface area contributed by atoms with Gasteiger partial charge in [0.15, 0.2) is 0 Å². The Hall–Kier alpha value is -1.79. The number of nitrogens with two attached hydrogens (primary N) is 1. The summed E-state index contributed by atoms with van der Waals surface area (Å²) >= 11 is 0. The maximum absolute atomic E-state index is 12.3. The summed E-state index contributed by atoms with van der Waals surface area (Å²) in [5, 5.41) is 0. The molecule has 0 aromatic heterocycles. The first-order chi connectivity index (χ1) is 11.4. The third-order valence-electron chi connectivity index (χ3n) is 3.88. The van der Waals surface area contributed by atoms with Crippen LogP contribution in [0.5, 0.6) is 5.75 Å². The minimum Gasteiger partial charge on any atom is -0.491 e. The van der Waals surface area contributed by atoms with Gasteiger partial charge in [-0.3, -0.25) is 0 Å². The van der Waals surface area contributed by atoms with Gasteiger partial charge in [-0.2, -0.15) is 0 Å². The molecule has 0 unspecified atom stereocenters. The monoisotopic (exact) mass is 336 g/mol. The lowest BCUT2D eigenvalue weighted by molar-refractivity contribution is 0.0187. The fourth-order valence-corrected chi connectivity index (χ4v) is 2.69. The van der Waals surface area contributed by atoms with Gasteiger partial charge >= 0.3 is 6.09 Å². The Morgan fingerprint density at radius 2 is 2.00 bits per heavy atom. The lowest BCUT2D eigenvalue weighted by atomic mass is 10.1. The largest absolute Gasteiger partial charge is 0.491 e. The van der Waals surface area contributed by atoms with Gasteiger partial charge in [0.05, 0.1) is 12.6 Å². The fraction of sp³-hybridized carbons (Fsp3) is 0.611. The van der Waals surface area contributed by atoms with Crippen LogP contribution < -0.4 is 10.6 Å². The van der Waals surface area contributed by atoms with Gasteiger partial charge in [-0.1, -0.05) is 12.1 Å². The fourth-order valence-electron chi connectivity index (χ4n) is 2.69. The maximum Gasteiger partial charge on any atom is 0.410 e. The molecular formula is C18H28N2O4. The Morgan fingerprint density at radius 1 is 1.29 bits per heavy atom. The number of hydrogen-bond acceptors (Lipinski definition) is 5. The summed E-state index contributed by atoms with van der Waals surface area (Å²) in [6.45, 7) is 7.33. The van der Waals surface area contributed by atoms with Gasteiger partial charge in [-0.05, 0) is 57.7 Å². The summed E-state index contributed by atoms with van der Waals surface area (Å²) in [6, 6.07) is 7.91. The molecule has 0 saturated carbocycles. The summed E-state index contributed by atoms with van der Waals surface area (Å²) in [7, 11) is 0. The predicted octanol–water partition coefficient (Wildman–Crippen LogP) is 2.90. The molecule has 1 saturated heterocycles. The maximum atomic E-state index is 12.3. The van der Waals surface area contributed by atoms with E-state index in [0.717, 1.165) is 37.1 Å². The molecule has 1 aliphatic rings. The van der Waals surface area contributed by atoms with Crippen LogP contribution in [0.4, 0.5) is 4.79 Å². The van der Waals surface area contributed by atoms with Crippen molar-refractivity contribution < 1.29 is 19.1 Å². The molecule has 6 nitrogen and oxygen atoms in total. The standard InChI is InChI=1S/C18H28N2O4/c1-18(2,3)24-17(21)20-11-4-5-15(20)13-22-16-8-6-14(7-9-16)10-12-23-19/h6-9,15H,4-5,10-13,19H2,1-3H3/t15-/m0/s1. The number of rotatable bonds is 6. The van der Waals surface area contributed by atoms with E-state index in [-0.39, 0.29) is 12.1 Å². The van der Waals surface area contributed by atoms with E-state index in [0.29, 0.717) is 13.2 Å². The van der Waals surface area contributed by atoms with Gasteiger partial charge in [-0.25, -0.2) is 10.7 Å². The minimum absolute atomic E-state index is 0.0603. The van der Waals surface area contributed by atoms with Gasteiger partial charge in [0.2, 0.25) is 0 Å². The lowest BCUT2D eigenvalue weighted by Gasteiger charge is -2.28. The summed E-state index contributed by atoms with van der Waals surface area (Å²) < 4.78 is 11.3. The Kier molecular flexibility index (Phi) is 6.45. The van der Waals surface area contributed by atoms with E-state index in [1.807, 2.05) is 45.0 Å². The van der Waals surface area contributed by atoms with E-state index in [2.05, 4.69) is 4.84 Å². The highest BCUT2D eigenvalue weighted by Crippen LogP contribution is 2.22. The second-order valence-electron chi connectivity index (χ2n) is 7.05. The molecule has 1 amide bonds. The summed E-state index contributed by atoms with van der Waals surface area (Å²) in [4.78, 5) is 18.6. The van der Waals surface area contributed by atoms with E-state index in [9.17, 15) is 4.79 Å². The highest BCUT2D eigenvalue weighted by Gasteiger charge is 2.32. The van der Waals surface area contributed by atoms with Crippen LogP contribution in [0.15, 0.2) is 24.3 Å². The third-order valence-corrected chi connectivity index (χ3v) is 3.88. The van der Waals surface area contributed by atoms with Gasteiger partial charge < -0.3 is 19.2 Å². The molecule has 1 aromatic rings. The molecule has 1 atom stereocenters. The van der Waals surface area contributed by atoms with Crippen molar-refractivity contribution in [3.05, 3.63) is 29.8 Å². The smallest absolute Gasteiger partial charge is 0.410 e. The number of nitrogens with zero attached hydrogens (tertiary/aromatic N) is 1. The molecule has 0 bridgehead atoms. The molecule has 1 fully saturated rings. The molecule has 0 spiro atoms. The van der Waals surface area contributed by atoms with E-state index in [1.165, 1.54) is 0 Å². The summed E-state index contributed by atoms with van der Waals surface area (Å²) in [5.74, 6) is 5.83. The predicted molar refractivity (Wildman–Crippen MR) is 91.7 cm³/mol. The van der Waals surface area contributed by atoms with Crippen molar-refractivity contribution in [1.82, 2.24) is 4.90 Å². The number of benzene rings is 1. The van der Waals surface area contributed by atoms with Crippen molar-refractivity contribution in [2.75, 3.05) is 19.8 Å². The Labute approximate surface area is 143 Å². The van der Waals surface area contributed by atoms with E-state index in [4.69, 9.17) is 15.4 Å². The molecule has 0 aliphatic carbocycles. The normalized spacial score (nSPS) is 17.8. The zero-order chi connectivity index (χ0) is 17.6. The third kappa shape index (κ3) is 5.69.